The van der Waals surface area contributed by atoms with E-state index in [4.69, 9.17) is 4.52 Å². The fraction of sp³-hybridized carbons (Fsp3) is 0.130. The second-order valence-electron chi connectivity index (χ2n) is 7.06. The lowest BCUT2D eigenvalue weighted by Gasteiger charge is -2.16. The Morgan fingerprint density at radius 1 is 1.03 bits per heavy atom. The van der Waals surface area contributed by atoms with Gasteiger partial charge < -0.3 is 4.52 Å². The minimum atomic E-state index is -4.57. The molecule has 0 saturated heterocycles. The summed E-state index contributed by atoms with van der Waals surface area (Å²) in [7, 11) is 0. The Balaban J connectivity index is 1.68. The summed E-state index contributed by atoms with van der Waals surface area (Å²) in [5.41, 5.74) is 3.73. The summed E-state index contributed by atoms with van der Waals surface area (Å²) in [4.78, 5) is 0.0788. The Labute approximate surface area is 174 Å². The molecule has 0 fully saturated rings. The second kappa shape index (κ2) is 6.95. The zero-order valence-electron chi connectivity index (χ0n) is 15.7. The van der Waals surface area contributed by atoms with Gasteiger partial charge in [-0.1, -0.05) is 66.3 Å². The normalized spacial score (nSPS) is 13.0. The van der Waals surface area contributed by atoms with E-state index in [2.05, 4.69) is 16.1 Å². The van der Waals surface area contributed by atoms with Crippen molar-refractivity contribution in [2.24, 2.45) is 0 Å². The molecule has 3 nitrogen and oxygen atoms in total. The van der Waals surface area contributed by atoms with Crippen LogP contribution in [0.3, 0.4) is 0 Å². The maximum Gasteiger partial charge on any atom is 0.420 e. The summed E-state index contributed by atoms with van der Waals surface area (Å²) >= 11 is 0.827. The molecular weight excluding hydrogens is 409 g/mol. The van der Waals surface area contributed by atoms with Crippen LogP contribution in [0.25, 0.3) is 39.2 Å². The standard InChI is InChI=1S/C23H15F3N2OS/c1-2-13-8-10-16-15(12-13)9-11-17-19(16)27-29-21(17)20-18(23(24,25)26)22(30-28-20)14-6-4-3-5-7-14/h2-8,10,12H,1,9,11H2. The van der Waals surface area contributed by atoms with Crippen LogP contribution in [0.2, 0.25) is 0 Å². The Bertz CT molecular complexity index is 1260. The lowest BCUT2D eigenvalue weighted by atomic mass is 9.87. The number of rotatable bonds is 3. The summed E-state index contributed by atoms with van der Waals surface area (Å²) in [5.74, 6) is 0.106. The van der Waals surface area contributed by atoms with Crippen LogP contribution in [-0.2, 0) is 19.0 Å². The van der Waals surface area contributed by atoms with E-state index in [1.807, 2.05) is 18.2 Å². The van der Waals surface area contributed by atoms with Crippen LogP contribution >= 0.6 is 11.5 Å². The largest absolute Gasteiger partial charge is 0.420 e. The van der Waals surface area contributed by atoms with Crippen molar-refractivity contribution in [1.29, 1.82) is 0 Å². The number of hydrogen-bond donors (Lipinski definition) is 0. The van der Waals surface area contributed by atoms with Crippen LogP contribution in [-0.4, -0.2) is 9.53 Å². The molecule has 4 aromatic rings. The van der Waals surface area contributed by atoms with E-state index in [0.29, 0.717) is 29.7 Å². The Morgan fingerprint density at radius 2 is 1.83 bits per heavy atom. The highest BCUT2D eigenvalue weighted by molar-refractivity contribution is 7.10. The molecule has 0 atom stereocenters. The molecule has 0 bridgehead atoms. The van der Waals surface area contributed by atoms with E-state index in [-0.39, 0.29) is 16.3 Å². The number of alkyl halides is 3. The van der Waals surface area contributed by atoms with Crippen molar-refractivity contribution in [3.63, 3.8) is 0 Å². The molecule has 0 amide bonds. The second-order valence-corrected chi connectivity index (χ2v) is 7.83. The maximum atomic E-state index is 14.1. The third kappa shape index (κ3) is 2.97. The van der Waals surface area contributed by atoms with Crippen LogP contribution in [0.15, 0.2) is 59.6 Å². The number of fused-ring (bicyclic) bond motifs is 3. The van der Waals surface area contributed by atoms with Crippen molar-refractivity contribution in [3.8, 4) is 33.2 Å². The molecule has 1 aliphatic rings. The van der Waals surface area contributed by atoms with Gasteiger partial charge in [0.1, 0.15) is 17.0 Å². The summed E-state index contributed by atoms with van der Waals surface area (Å²) in [5, 5.41) is 4.13. The maximum absolute atomic E-state index is 14.1. The lowest BCUT2D eigenvalue weighted by Crippen LogP contribution is -2.08. The number of aryl methyl sites for hydroxylation is 1. The first-order valence-corrected chi connectivity index (χ1v) is 10.1. The molecule has 2 aromatic carbocycles. The topological polar surface area (TPSA) is 38.9 Å². The molecule has 0 aliphatic heterocycles. The highest BCUT2D eigenvalue weighted by Crippen LogP contribution is 2.48. The zero-order valence-corrected chi connectivity index (χ0v) is 16.5. The summed E-state index contributed by atoms with van der Waals surface area (Å²) in [6.45, 7) is 3.78. The van der Waals surface area contributed by atoms with Crippen molar-refractivity contribution in [2.45, 2.75) is 19.0 Å². The summed E-state index contributed by atoms with van der Waals surface area (Å²) < 4.78 is 51.9. The first-order chi connectivity index (χ1) is 14.5. The number of aromatic nitrogens is 2. The van der Waals surface area contributed by atoms with Crippen LogP contribution in [0.4, 0.5) is 13.2 Å². The monoisotopic (exact) mass is 424 g/mol. The average molecular weight is 424 g/mol. The Kier molecular flexibility index (Phi) is 4.36. The third-order valence-electron chi connectivity index (χ3n) is 5.28. The molecule has 0 unspecified atom stereocenters. The molecule has 5 rings (SSSR count). The van der Waals surface area contributed by atoms with Crippen molar-refractivity contribution < 1.29 is 17.7 Å². The van der Waals surface area contributed by atoms with E-state index in [1.165, 1.54) is 0 Å². The summed E-state index contributed by atoms with van der Waals surface area (Å²) in [6.07, 6.45) is -1.58. The predicted molar refractivity (Wildman–Crippen MR) is 111 cm³/mol. The van der Waals surface area contributed by atoms with Gasteiger partial charge in [0.05, 0.1) is 4.88 Å². The number of halogens is 3. The van der Waals surface area contributed by atoms with Gasteiger partial charge in [-0.15, -0.1) is 0 Å². The third-order valence-corrected chi connectivity index (χ3v) is 6.18. The molecule has 0 spiro atoms. The smallest absolute Gasteiger partial charge is 0.354 e. The highest BCUT2D eigenvalue weighted by Gasteiger charge is 2.41. The molecule has 1 aliphatic carbocycles. The molecule has 30 heavy (non-hydrogen) atoms. The van der Waals surface area contributed by atoms with Gasteiger partial charge in [-0.05, 0) is 41.1 Å². The molecule has 0 radical (unpaired) electrons. The van der Waals surface area contributed by atoms with Gasteiger partial charge in [0.2, 0.25) is 0 Å². The van der Waals surface area contributed by atoms with Gasteiger partial charge >= 0.3 is 6.18 Å². The number of benzene rings is 2. The minimum absolute atomic E-state index is 0.0788. The van der Waals surface area contributed by atoms with E-state index in [0.717, 1.165) is 28.2 Å². The van der Waals surface area contributed by atoms with Crippen molar-refractivity contribution >= 4 is 17.6 Å². The van der Waals surface area contributed by atoms with E-state index in [1.54, 1.807) is 36.4 Å². The molecule has 0 saturated carbocycles. The summed E-state index contributed by atoms with van der Waals surface area (Å²) in [6, 6.07) is 14.3. The predicted octanol–water partition coefficient (Wildman–Crippen LogP) is 6.89. The van der Waals surface area contributed by atoms with Gasteiger partial charge in [-0.2, -0.15) is 17.5 Å². The van der Waals surface area contributed by atoms with Crippen LogP contribution in [0.5, 0.6) is 0 Å². The molecule has 0 N–H and O–H groups in total. The fourth-order valence-electron chi connectivity index (χ4n) is 3.87. The van der Waals surface area contributed by atoms with Crippen molar-refractivity contribution in [2.75, 3.05) is 0 Å². The van der Waals surface area contributed by atoms with Gasteiger partial charge in [0, 0.05) is 11.1 Å². The van der Waals surface area contributed by atoms with E-state index < -0.39 is 11.7 Å². The van der Waals surface area contributed by atoms with E-state index in [9.17, 15) is 13.2 Å². The highest BCUT2D eigenvalue weighted by atomic mass is 32.1. The minimum Gasteiger partial charge on any atom is -0.354 e. The first-order valence-electron chi connectivity index (χ1n) is 9.34. The van der Waals surface area contributed by atoms with Crippen molar-refractivity contribution in [3.05, 3.63) is 77.4 Å². The zero-order chi connectivity index (χ0) is 20.9. The molecule has 2 heterocycles. The number of hydrogen-bond acceptors (Lipinski definition) is 4. The van der Waals surface area contributed by atoms with Gasteiger partial charge in [-0.25, -0.2) is 0 Å². The van der Waals surface area contributed by atoms with Crippen LogP contribution < -0.4 is 0 Å². The molecule has 7 heteroatoms. The Morgan fingerprint density at radius 3 is 2.57 bits per heavy atom. The van der Waals surface area contributed by atoms with Gasteiger partial charge in [0.25, 0.3) is 0 Å². The van der Waals surface area contributed by atoms with Gasteiger partial charge in [0.15, 0.2) is 5.76 Å². The number of nitrogens with zero attached hydrogens (tertiary/aromatic N) is 2. The van der Waals surface area contributed by atoms with Gasteiger partial charge in [-0.3, -0.25) is 0 Å². The molecular formula is C23H15F3N2OS. The SMILES string of the molecule is C=Cc1ccc2c(c1)CCc1c-2noc1-c1nsc(-c2ccccc2)c1C(F)(F)F. The Hall–Kier alpha value is -3.19. The first kappa shape index (κ1) is 18.8. The quantitative estimate of drug-likeness (QED) is 0.359. The van der Waals surface area contributed by atoms with Crippen LogP contribution in [0, 0.1) is 0 Å². The average Bonchev–Trinajstić information content (AvgIpc) is 3.38. The van der Waals surface area contributed by atoms with E-state index >= 15 is 0 Å². The molecule has 2 aromatic heterocycles. The van der Waals surface area contributed by atoms with Crippen molar-refractivity contribution in [1.82, 2.24) is 9.53 Å². The van der Waals surface area contributed by atoms with Crippen LogP contribution in [0.1, 0.15) is 22.3 Å². The molecule has 150 valence electrons. The lowest BCUT2D eigenvalue weighted by molar-refractivity contribution is -0.136. The fourth-order valence-corrected chi connectivity index (χ4v) is 4.77.